The smallest absolute Gasteiger partial charge is 0.218 e. The molecular formula is C11H15ClN2O3. The summed E-state index contributed by atoms with van der Waals surface area (Å²) in [5.41, 5.74) is 0. The average Bonchev–Trinajstić information content (AvgIpc) is 2.79. The molecule has 1 fully saturated rings. The van der Waals surface area contributed by atoms with Gasteiger partial charge in [-0.2, -0.15) is 4.98 Å². The third kappa shape index (κ3) is 3.80. The molecule has 0 aromatic carbocycles. The van der Waals surface area contributed by atoms with E-state index < -0.39 is 0 Å². The molecule has 6 heteroatoms. The van der Waals surface area contributed by atoms with Crippen LogP contribution in [-0.2, 0) is 16.1 Å². The fourth-order valence-electron chi connectivity index (χ4n) is 1.63. The Labute approximate surface area is 105 Å². The minimum absolute atomic E-state index is 0.323. The molecule has 1 atom stereocenters. The zero-order valence-corrected chi connectivity index (χ0v) is 10.4. The van der Waals surface area contributed by atoms with Crippen LogP contribution in [0.4, 0.5) is 0 Å². The van der Waals surface area contributed by atoms with Gasteiger partial charge >= 0.3 is 0 Å². The summed E-state index contributed by atoms with van der Waals surface area (Å²) in [5.74, 6) is 1.45. The molecule has 17 heavy (non-hydrogen) atoms. The summed E-state index contributed by atoms with van der Waals surface area (Å²) >= 11 is 5.87. The minimum atomic E-state index is 0.323. The Morgan fingerprint density at radius 1 is 1.53 bits per heavy atom. The van der Waals surface area contributed by atoms with E-state index in [1.165, 1.54) is 0 Å². The molecule has 94 valence electrons. The van der Waals surface area contributed by atoms with Gasteiger partial charge in [0.05, 0.1) is 13.2 Å². The van der Waals surface area contributed by atoms with Crippen LogP contribution in [0.2, 0.25) is 5.15 Å². The Hall–Kier alpha value is -0.910. The standard InChI is InChI=1S/C11H15ClN2O3/c1-15-7-10-13-9(12)4-11(14-10)17-6-8-2-3-16-5-8/h4,8H,2-3,5-7H2,1H3. The molecule has 0 amide bonds. The average molecular weight is 259 g/mol. The van der Waals surface area contributed by atoms with Gasteiger partial charge in [-0.3, -0.25) is 0 Å². The highest BCUT2D eigenvalue weighted by Crippen LogP contribution is 2.17. The third-order valence-corrected chi connectivity index (χ3v) is 2.68. The lowest BCUT2D eigenvalue weighted by molar-refractivity contribution is 0.162. The van der Waals surface area contributed by atoms with E-state index >= 15 is 0 Å². The molecule has 1 unspecified atom stereocenters. The molecule has 1 aromatic rings. The molecule has 2 heterocycles. The quantitative estimate of drug-likeness (QED) is 0.753. The van der Waals surface area contributed by atoms with Crippen molar-refractivity contribution in [3.05, 3.63) is 17.0 Å². The Kier molecular flexibility index (Phi) is 4.53. The van der Waals surface area contributed by atoms with Gasteiger partial charge in [0.1, 0.15) is 11.8 Å². The van der Waals surface area contributed by atoms with E-state index in [-0.39, 0.29) is 0 Å². The first-order valence-corrected chi connectivity index (χ1v) is 5.88. The van der Waals surface area contributed by atoms with E-state index in [0.29, 0.717) is 36.0 Å². The van der Waals surface area contributed by atoms with E-state index in [0.717, 1.165) is 19.6 Å². The van der Waals surface area contributed by atoms with Gasteiger partial charge in [0.25, 0.3) is 0 Å². The van der Waals surface area contributed by atoms with Crippen molar-refractivity contribution in [3.8, 4) is 5.88 Å². The third-order valence-electron chi connectivity index (χ3n) is 2.48. The normalized spacial score (nSPS) is 19.5. The number of ether oxygens (including phenoxy) is 3. The summed E-state index contributed by atoms with van der Waals surface area (Å²) in [6.07, 6.45) is 1.03. The summed E-state index contributed by atoms with van der Waals surface area (Å²) in [6.45, 7) is 2.49. The van der Waals surface area contributed by atoms with Gasteiger partial charge in [-0.1, -0.05) is 11.6 Å². The lowest BCUT2D eigenvalue weighted by atomic mass is 10.1. The molecule has 1 aliphatic heterocycles. The SMILES string of the molecule is COCc1nc(Cl)cc(OCC2CCOC2)n1. The highest BCUT2D eigenvalue weighted by molar-refractivity contribution is 6.29. The van der Waals surface area contributed by atoms with Crippen molar-refractivity contribution in [1.29, 1.82) is 0 Å². The van der Waals surface area contributed by atoms with Crippen molar-refractivity contribution in [2.24, 2.45) is 5.92 Å². The monoisotopic (exact) mass is 258 g/mol. The molecule has 1 aromatic heterocycles. The molecular weight excluding hydrogens is 244 g/mol. The first-order valence-electron chi connectivity index (χ1n) is 5.51. The number of aromatic nitrogens is 2. The molecule has 0 spiro atoms. The number of hydrogen-bond donors (Lipinski definition) is 0. The Balaban J connectivity index is 1.94. The van der Waals surface area contributed by atoms with Crippen LogP contribution in [0.3, 0.4) is 0 Å². The lowest BCUT2D eigenvalue weighted by Gasteiger charge is -2.10. The van der Waals surface area contributed by atoms with Crippen LogP contribution in [0.15, 0.2) is 6.07 Å². The second-order valence-corrected chi connectivity index (χ2v) is 4.31. The second kappa shape index (κ2) is 6.14. The van der Waals surface area contributed by atoms with E-state index in [1.54, 1.807) is 13.2 Å². The zero-order chi connectivity index (χ0) is 12.1. The Morgan fingerprint density at radius 2 is 2.41 bits per heavy atom. The molecule has 0 radical (unpaired) electrons. The molecule has 1 saturated heterocycles. The van der Waals surface area contributed by atoms with Crippen LogP contribution >= 0.6 is 11.6 Å². The van der Waals surface area contributed by atoms with Gasteiger partial charge in [-0.25, -0.2) is 4.98 Å². The van der Waals surface area contributed by atoms with E-state index in [2.05, 4.69) is 9.97 Å². The van der Waals surface area contributed by atoms with E-state index in [9.17, 15) is 0 Å². The maximum absolute atomic E-state index is 5.87. The predicted octanol–water partition coefficient (Wildman–Crippen LogP) is 1.69. The van der Waals surface area contributed by atoms with Crippen molar-refractivity contribution in [2.75, 3.05) is 26.9 Å². The van der Waals surface area contributed by atoms with Crippen LogP contribution in [0, 0.1) is 5.92 Å². The van der Waals surface area contributed by atoms with E-state index in [1.807, 2.05) is 0 Å². The summed E-state index contributed by atoms with van der Waals surface area (Å²) in [4.78, 5) is 8.23. The first kappa shape index (κ1) is 12.5. The molecule has 2 rings (SSSR count). The lowest BCUT2D eigenvalue weighted by Crippen LogP contribution is -2.13. The number of methoxy groups -OCH3 is 1. The molecule has 0 saturated carbocycles. The number of nitrogens with zero attached hydrogens (tertiary/aromatic N) is 2. The second-order valence-electron chi connectivity index (χ2n) is 3.92. The Morgan fingerprint density at radius 3 is 3.12 bits per heavy atom. The van der Waals surface area contributed by atoms with E-state index in [4.69, 9.17) is 25.8 Å². The highest BCUT2D eigenvalue weighted by atomic mass is 35.5. The molecule has 1 aliphatic rings. The highest BCUT2D eigenvalue weighted by Gasteiger charge is 2.16. The predicted molar refractivity (Wildman–Crippen MR) is 62.2 cm³/mol. The maximum atomic E-state index is 5.87. The van der Waals surface area contributed by atoms with Crippen LogP contribution in [-0.4, -0.2) is 36.9 Å². The van der Waals surface area contributed by atoms with Gasteiger partial charge in [-0.15, -0.1) is 0 Å². The molecule has 0 bridgehead atoms. The van der Waals surface area contributed by atoms with Gasteiger partial charge in [0.15, 0.2) is 5.82 Å². The van der Waals surface area contributed by atoms with Gasteiger partial charge in [-0.05, 0) is 6.42 Å². The summed E-state index contributed by atoms with van der Waals surface area (Å²) < 4.78 is 15.8. The summed E-state index contributed by atoms with van der Waals surface area (Å²) in [5, 5.41) is 0.365. The number of rotatable bonds is 5. The van der Waals surface area contributed by atoms with Crippen molar-refractivity contribution in [3.63, 3.8) is 0 Å². The minimum Gasteiger partial charge on any atom is -0.477 e. The number of hydrogen-bond acceptors (Lipinski definition) is 5. The maximum Gasteiger partial charge on any atom is 0.218 e. The van der Waals surface area contributed by atoms with Crippen LogP contribution in [0.25, 0.3) is 0 Å². The van der Waals surface area contributed by atoms with Crippen molar-refractivity contribution >= 4 is 11.6 Å². The fourth-order valence-corrected chi connectivity index (χ4v) is 1.82. The number of halogens is 1. The summed E-state index contributed by atoms with van der Waals surface area (Å²) in [7, 11) is 1.58. The largest absolute Gasteiger partial charge is 0.477 e. The van der Waals surface area contributed by atoms with Gasteiger partial charge < -0.3 is 14.2 Å². The molecule has 5 nitrogen and oxygen atoms in total. The van der Waals surface area contributed by atoms with Crippen LogP contribution in [0.5, 0.6) is 5.88 Å². The van der Waals surface area contributed by atoms with Crippen LogP contribution < -0.4 is 4.74 Å². The van der Waals surface area contributed by atoms with Crippen LogP contribution in [0.1, 0.15) is 12.2 Å². The van der Waals surface area contributed by atoms with Gasteiger partial charge in [0, 0.05) is 25.7 Å². The topological polar surface area (TPSA) is 53.5 Å². The van der Waals surface area contributed by atoms with Gasteiger partial charge in [0.2, 0.25) is 5.88 Å². The van der Waals surface area contributed by atoms with Crippen molar-refractivity contribution in [1.82, 2.24) is 9.97 Å². The van der Waals surface area contributed by atoms with Crippen molar-refractivity contribution < 1.29 is 14.2 Å². The molecule has 0 aliphatic carbocycles. The molecule has 0 N–H and O–H groups in total. The Bertz CT molecular complexity index is 370. The summed E-state index contributed by atoms with van der Waals surface area (Å²) in [6, 6.07) is 1.61. The zero-order valence-electron chi connectivity index (χ0n) is 9.69. The van der Waals surface area contributed by atoms with Crippen molar-refractivity contribution in [2.45, 2.75) is 13.0 Å². The first-order chi connectivity index (χ1) is 8.28. The fraction of sp³-hybridized carbons (Fsp3) is 0.636.